The Hall–Kier alpha value is -4.59. The van der Waals surface area contributed by atoms with Gasteiger partial charge in [-0.25, -0.2) is 9.97 Å². The van der Waals surface area contributed by atoms with E-state index in [1.165, 1.54) is 14.2 Å². The van der Waals surface area contributed by atoms with Gasteiger partial charge < -0.3 is 24.3 Å². The number of aromatic nitrogens is 2. The Bertz CT molecular complexity index is 1210. The molecule has 8 heteroatoms. The monoisotopic (exact) mass is 457 g/mol. The van der Waals surface area contributed by atoms with E-state index in [0.717, 1.165) is 5.56 Å². The average Bonchev–Trinajstić information content (AvgIpc) is 2.89. The number of amides is 1. The zero-order chi connectivity index (χ0) is 23.8. The summed E-state index contributed by atoms with van der Waals surface area (Å²) in [6.07, 6.45) is 3.19. The molecule has 0 radical (unpaired) electrons. The van der Waals surface area contributed by atoms with Gasteiger partial charge in [-0.15, -0.1) is 0 Å². The smallest absolute Gasteiger partial charge is 0.321 e. The minimum absolute atomic E-state index is 0.244. The number of nitrogens with one attached hydrogen (secondary N) is 1. The molecular weight excluding hydrogens is 434 g/mol. The molecule has 0 saturated carbocycles. The van der Waals surface area contributed by atoms with Gasteiger partial charge in [0, 0.05) is 23.6 Å². The van der Waals surface area contributed by atoms with Crippen molar-refractivity contribution >= 4 is 11.6 Å². The molecule has 34 heavy (non-hydrogen) atoms. The summed E-state index contributed by atoms with van der Waals surface area (Å²) >= 11 is 0. The summed E-state index contributed by atoms with van der Waals surface area (Å²) < 4.78 is 22.5. The van der Waals surface area contributed by atoms with Crippen LogP contribution in [0.25, 0.3) is 0 Å². The lowest BCUT2D eigenvalue weighted by atomic mass is 10.1. The fraction of sp³-hybridized carbons (Fsp3) is 0.115. The molecule has 0 bridgehead atoms. The van der Waals surface area contributed by atoms with Gasteiger partial charge in [0.1, 0.15) is 12.4 Å². The van der Waals surface area contributed by atoms with Crippen LogP contribution in [0.15, 0.2) is 85.2 Å². The number of benzene rings is 3. The van der Waals surface area contributed by atoms with E-state index in [4.69, 9.17) is 18.9 Å². The van der Waals surface area contributed by atoms with Crippen LogP contribution in [-0.2, 0) is 6.61 Å². The highest BCUT2D eigenvalue weighted by Gasteiger charge is 2.18. The number of nitrogens with zero attached hydrogens (tertiary/aromatic N) is 2. The highest BCUT2D eigenvalue weighted by atomic mass is 16.5. The van der Waals surface area contributed by atoms with Crippen molar-refractivity contribution in [2.75, 3.05) is 19.5 Å². The molecule has 3 aromatic carbocycles. The number of hydrogen-bond donors (Lipinski definition) is 1. The highest BCUT2D eigenvalue weighted by molar-refractivity contribution is 6.05. The Morgan fingerprint density at radius 3 is 2.12 bits per heavy atom. The summed E-state index contributed by atoms with van der Waals surface area (Å²) in [5.41, 5.74) is 1.95. The lowest BCUT2D eigenvalue weighted by molar-refractivity contribution is 0.102. The summed E-state index contributed by atoms with van der Waals surface area (Å²) in [4.78, 5) is 20.9. The molecule has 1 heterocycles. The van der Waals surface area contributed by atoms with Crippen molar-refractivity contribution in [3.05, 3.63) is 96.3 Å². The van der Waals surface area contributed by atoms with E-state index in [0.29, 0.717) is 40.9 Å². The van der Waals surface area contributed by atoms with Crippen molar-refractivity contribution in [3.8, 4) is 29.0 Å². The molecule has 0 fully saturated rings. The largest absolute Gasteiger partial charge is 0.493 e. The van der Waals surface area contributed by atoms with Crippen molar-refractivity contribution in [3.63, 3.8) is 0 Å². The van der Waals surface area contributed by atoms with Gasteiger partial charge in [0.05, 0.1) is 14.2 Å². The molecule has 8 nitrogen and oxygen atoms in total. The molecule has 0 unspecified atom stereocenters. The van der Waals surface area contributed by atoms with Gasteiger partial charge in [-0.05, 0) is 48.0 Å². The molecule has 4 aromatic rings. The van der Waals surface area contributed by atoms with Crippen LogP contribution in [0.5, 0.6) is 29.0 Å². The van der Waals surface area contributed by atoms with Gasteiger partial charge in [0.2, 0.25) is 5.75 Å². The lowest BCUT2D eigenvalue weighted by Crippen LogP contribution is -2.12. The van der Waals surface area contributed by atoms with Crippen LogP contribution in [0, 0.1) is 0 Å². The maximum atomic E-state index is 12.9. The van der Waals surface area contributed by atoms with Crippen molar-refractivity contribution in [2.24, 2.45) is 0 Å². The van der Waals surface area contributed by atoms with E-state index in [9.17, 15) is 4.79 Å². The standard InChI is InChI=1S/C26H23N3O5/c1-31-22-15-19(16-23(32-2)24(22)33-17-18-7-4-3-5-8-18)25(30)29-20-9-11-21(12-10-20)34-26-27-13-6-14-28-26/h3-16H,17H2,1-2H3,(H,29,30). The summed E-state index contributed by atoms with van der Waals surface area (Å²) in [5, 5.41) is 2.85. The van der Waals surface area contributed by atoms with Crippen molar-refractivity contribution in [1.29, 1.82) is 0 Å². The summed E-state index contributed by atoms with van der Waals surface area (Å²) in [5.74, 6) is 1.44. The normalized spacial score (nSPS) is 10.3. The van der Waals surface area contributed by atoms with Gasteiger partial charge in [-0.1, -0.05) is 30.3 Å². The van der Waals surface area contributed by atoms with Gasteiger partial charge in [-0.3, -0.25) is 4.79 Å². The van der Waals surface area contributed by atoms with Crippen LogP contribution >= 0.6 is 0 Å². The van der Waals surface area contributed by atoms with Crippen molar-refractivity contribution in [2.45, 2.75) is 6.61 Å². The minimum Gasteiger partial charge on any atom is -0.493 e. The van der Waals surface area contributed by atoms with Crippen LogP contribution in [-0.4, -0.2) is 30.1 Å². The van der Waals surface area contributed by atoms with Crippen LogP contribution in [0.1, 0.15) is 15.9 Å². The number of carbonyl (C=O) groups excluding carboxylic acids is 1. The molecule has 0 atom stereocenters. The molecule has 0 aliphatic rings. The van der Waals surface area contributed by atoms with Gasteiger partial charge in [0.25, 0.3) is 5.91 Å². The zero-order valence-corrected chi connectivity index (χ0v) is 18.7. The molecule has 172 valence electrons. The first-order chi connectivity index (χ1) is 16.7. The molecule has 4 rings (SSSR count). The first kappa shape index (κ1) is 22.6. The average molecular weight is 457 g/mol. The third-order valence-electron chi connectivity index (χ3n) is 4.81. The predicted octanol–water partition coefficient (Wildman–Crippen LogP) is 5.12. The first-order valence-electron chi connectivity index (χ1n) is 10.5. The Balaban J connectivity index is 1.47. The van der Waals surface area contributed by atoms with Crippen LogP contribution in [0.2, 0.25) is 0 Å². The molecule has 0 saturated heterocycles. The quantitative estimate of drug-likeness (QED) is 0.373. The minimum atomic E-state index is -0.328. The molecule has 1 aromatic heterocycles. The highest BCUT2D eigenvalue weighted by Crippen LogP contribution is 2.39. The fourth-order valence-corrected chi connectivity index (χ4v) is 3.14. The number of rotatable bonds is 9. The lowest BCUT2D eigenvalue weighted by Gasteiger charge is -2.16. The number of carbonyl (C=O) groups is 1. The maximum Gasteiger partial charge on any atom is 0.321 e. The Morgan fingerprint density at radius 1 is 0.853 bits per heavy atom. The second-order valence-corrected chi connectivity index (χ2v) is 7.10. The summed E-state index contributed by atoms with van der Waals surface area (Å²) in [6.45, 7) is 0.335. The number of methoxy groups -OCH3 is 2. The van der Waals surface area contributed by atoms with Crippen LogP contribution in [0.3, 0.4) is 0 Å². The van der Waals surface area contributed by atoms with Crippen molar-refractivity contribution in [1.82, 2.24) is 9.97 Å². The Morgan fingerprint density at radius 2 is 1.50 bits per heavy atom. The summed E-state index contributed by atoms with van der Waals surface area (Å²) in [7, 11) is 3.03. The Labute approximate surface area is 197 Å². The van der Waals surface area contributed by atoms with Gasteiger partial charge in [-0.2, -0.15) is 0 Å². The van der Waals surface area contributed by atoms with E-state index in [1.807, 2.05) is 30.3 Å². The fourth-order valence-electron chi connectivity index (χ4n) is 3.14. The predicted molar refractivity (Wildman–Crippen MR) is 127 cm³/mol. The topological polar surface area (TPSA) is 91.8 Å². The second-order valence-electron chi connectivity index (χ2n) is 7.10. The van der Waals surface area contributed by atoms with Gasteiger partial charge in [0.15, 0.2) is 11.5 Å². The molecule has 0 aliphatic heterocycles. The molecule has 0 spiro atoms. The number of anilines is 1. The number of hydrogen-bond acceptors (Lipinski definition) is 7. The third kappa shape index (κ3) is 5.60. The molecule has 1 amide bonds. The number of ether oxygens (including phenoxy) is 4. The van der Waals surface area contributed by atoms with E-state index >= 15 is 0 Å². The maximum absolute atomic E-state index is 12.9. The third-order valence-corrected chi connectivity index (χ3v) is 4.81. The SMILES string of the molecule is COc1cc(C(=O)Nc2ccc(Oc3ncccn3)cc2)cc(OC)c1OCc1ccccc1. The Kier molecular flexibility index (Phi) is 7.19. The van der Waals surface area contributed by atoms with E-state index in [2.05, 4.69) is 15.3 Å². The first-order valence-corrected chi connectivity index (χ1v) is 10.5. The van der Waals surface area contributed by atoms with E-state index < -0.39 is 0 Å². The summed E-state index contributed by atoms with van der Waals surface area (Å²) in [6, 6.07) is 21.8. The molecule has 0 aliphatic carbocycles. The van der Waals surface area contributed by atoms with Crippen LogP contribution < -0.4 is 24.3 Å². The second kappa shape index (κ2) is 10.8. The van der Waals surface area contributed by atoms with Crippen molar-refractivity contribution < 1.29 is 23.7 Å². The van der Waals surface area contributed by atoms with Gasteiger partial charge >= 0.3 is 6.01 Å². The van der Waals surface area contributed by atoms with E-state index in [-0.39, 0.29) is 11.9 Å². The van der Waals surface area contributed by atoms with E-state index in [1.54, 1.807) is 54.9 Å². The zero-order valence-electron chi connectivity index (χ0n) is 18.7. The molecular formula is C26H23N3O5. The van der Waals surface area contributed by atoms with Crippen LogP contribution in [0.4, 0.5) is 5.69 Å². The molecule has 1 N–H and O–H groups in total.